The lowest BCUT2D eigenvalue weighted by atomic mass is 10.1. The molecule has 0 heterocycles. The Morgan fingerprint density at radius 1 is 1.56 bits per heavy atom. The summed E-state index contributed by atoms with van der Waals surface area (Å²) in [5, 5.41) is 0. The van der Waals surface area contributed by atoms with Gasteiger partial charge in [-0.3, -0.25) is 14.5 Å². The van der Waals surface area contributed by atoms with E-state index in [0.717, 1.165) is 23.3 Å². The molecule has 84 valence electrons. The summed E-state index contributed by atoms with van der Waals surface area (Å²) < 4.78 is 0. The second kappa shape index (κ2) is 4.06. The molecule has 1 aromatic rings. The molecule has 0 aromatic heterocycles. The van der Waals surface area contributed by atoms with Gasteiger partial charge in [0.05, 0.1) is 5.69 Å². The van der Waals surface area contributed by atoms with E-state index in [0.29, 0.717) is 12.1 Å². The first kappa shape index (κ1) is 10.8. The summed E-state index contributed by atoms with van der Waals surface area (Å²) in [6, 6.07) is 5.59. The highest BCUT2D eigenvalue weighted by molar-refractivity contribution is 6.05. The second-order valence-corrected chi connectivity index (χ2v) is 4.02. The van der Waals surface area contributed by atoms with Gasteiger partial charge in [-0.15, -0.1) is 0 Å². The lowest BCUT2D eigenvalue weighted by Crippen LogP contribution is -2.26. The van der Waals surface area contributed by atoms with Crippen molar-refractivity contribution in [2.24, 2.45) is 5.73 Å². The summed E-state index contributed by atoms with van der Waals surface area (Å²) in [7, 11) is 0. The number of hydrogen-bond acceptors (Lipinski definition) is 3. The highest BCUT2D eigenvalue weighted by Gasteiger charge is 2.21. The topological polar surface area (TPSA) is 63.4 Å². The molecule has 2 rings (SSSR count). The van der Waals surface area contributed by atoms with Crippen LogP contribution in [0.3, 0.4) is 0 Å². The molecule has 2 N–H and O–H groups in total. The standard InChI is InChI=1S/C12H14N2O2/c1-8(16)14(7-15)10-4-2-9-3-5-12(13)11(9)6-10/h2,4,6-7,12H,3,5,13H2,1H3. The molecule has 1 atom stereocenters. The number of nitrogens with two attached hydrogens (primary N) is 1. The number of carbonyl (C=O) groups excluding carboxylic acids is 2. The van der Waals surface area contributed by atoms with Crippen molar-refractivity contribution in [2.45, 2.75) is 25.8 Å². The average molecular weight is 218 g/mol. The van der Waals surface area contributed by atoms with E-state index in [-0.39, 0.29) is 11.9 Å². The number of nitrogens with zero attached hydrogens (tertiary/aromatic N) is 1. The quantitative estimate of drug-likeness (QED) is 0.757. The van der Waals surface area contributed by atoms with E-state index in [1.807, 2.05) is 12.1 Å². The van der Waals surface area contributed by atoms with Gasteiger partial charge >= 0.3 is 0 Å². The Bertz CT molecular complexity index is 443. The van der Waals surface area contributed by atoms with E-state index >= 15 is 0 Å². The van der Waals surface area contributed by atoms with Crippen LogP contribution in [0, 0.1) is 0 Å². The van der Waals surface area contributed by atoms with E-state index in [2.05, 4.69) is 0 Å². The zero-order chi connectivity index (χ0) is 11.7. The van der Waals surface area contributed by atoms with E-state index < -0.39 is 0 Å². The zero-order valence-corrected chi connectivity index (χ0v) is 9.14. The largest absolute Gasteiger partial charge is 0.324 e. The van der Waals surface area contributed by atoms with Crippen molar-refractivity contribution in [1.82, 2.24) is 0 Å². The third-order valence-electron chi connectivity index (χ3n) is 2.98. The Labute approximate surface area is 94.0 Å². The van der Waals surface area contributed by atoms with E-state index in [1.165, 1.54) is 12.5 Å². The Morgan fingerprint density at radius 3 is 2.94 bits per heavy atom. The Balaban J connectivity index is 2.40. The second-order valence-electron chi connectivity index (χ2n) is 4.02. The molecule has 4 heteroatoms. The smallest absolute Gasteiger partial charge is 0.230 e. The lowest BCUT2D eigenvalue weighted by molar-refractivity contribution is -0.120. The summed E-state index contributed by atoms with van der Waals surface area (Å²) in [6.07, 6.45) is 2.43. The Hall–Kier alpha value is -1.68. The molecule has 0 fully saturated rings. The predicted molar refractivity (Wildman–Crippen MR) is 60.9 cm³/mol. The molecule has 2 amide bonds. The Kier molecular flexibility index (Phi) is 2.75. The summed E-state index contributed by atoms with van der Waals surface area (Å²) in [4.78, 5) is 23.1. The fourth-order valence-electron chi connectivity index (χ4n) is 2.09. The summed E-state index contributed by atoms with van der Waals surface area (Å²) >= 11 is 0. The molecule has 0 bridgehead atoms. The van der Waals surface area contributed by atoms with E-state index in [1.54, 1.807) is 6.07 Å². The minimum Gasteiger partial charge on any atom is -0.324 e. The predicted octanol–water partition coefficient (Wildman–Crippen LogP) is 1.14. The molecule has 16 heavy (non-hydrogen) atoms. The van der Waals surface area contributed by atoms with Crippen molar-refractivity contribution >= 4 is 18.0 Å². The number of carbonyl (C=O) groups is 2. The third kappa shape index (κ3) is 1.72. The van der Waals surface area contributed by atoms with Crippen molar-refractivity contribution in [1.29, 1.82) is 0 Å². The number of benzene rings is 1. The van der Waals surface area contributed by atoms with Gasteiger partial charge < -0.3 is 5.73 Å². The van der Waals surface area contributed by atoms with Gasteiger partial charge in [0.2, 0.25) is 12.3 Å². The third-order valence-corrected chi connectivity index (χ3v) is 2.98. The number of imide groups is 1. The first-order chi connectivity index (χ1) is 7.63. The zero-order valence-electron chi connectivity index (χ0n) is 9.14. The number of rotatable bonds is 2. The lowest BCUT2D eigenvalue weighted by Gasteiger charge is -2.15. The molecule has 4 nitrogen and oxygen atoms in total. The number of anilines is 1. The number of aryl methyl sites for hydroxylation is 1. The highest BCUT2D eigenvalue weighted by atomic mass is 16.2. The average Bonchev–Trinajstić information content (AvgIpc) is 2.61. The van der Waals surface area contributed by atoms with Crippen LogP contribution in [0.15, 0.2) is 18.2 Å². The maximum Gasteiger partial charge on any atom is 0.230 e. The minimum absolute atomic E-state index is 0.0235. The van der Waals surface area contributed by atoms with Gasteiger partial charge in [0.25, 0.3) is 0 Å². The van der Waals surface area contributed by atoms with Crippen LogP contribution in [0.4, 0.5) is 5.69 Å². The van der Waals surface area contributed by atoms with Crippen LogP contribution in [0.1, 0.15) is 30.5 Å². The summed E-state index contributed by atoms with van der Waals surface area (Å²) in [6.45, 7) is 1.36. The highest BCUT2D eigenvalue weighted by Crippen LogP contribution is 2.32. The van der Waals surface area contributed by atoms with Crippen LogP contribution in [0.2, 0.25) is 0 Å². The normalized spacial score (nSPS) is 18.0. The number of fused-ring (bicyclic) bond motifs is 1. The van der Waals surface area contributed by atoms with Crippen molar-refractivity contribution < 1.29 is 9.59 Å². The maximum absolute atomic E-state index is 11.2. The number of amides is 2. The fourth-order valence-corrected chi connectivity index (χ4v) is 2.09. The van der Waals surface area contributed by atoms with Crippen LogP contribution < -0.4 is 10.6 Å². The van der Waals surface area contributed by atoms with Gasteiger partial charge in [-0.1, -0.05) is 6.07 Å². The van der Waals surface area contributed by atoms with E-state index in [4.69, 9.17) is 5.73 Å². The van der Waals surface area contributed by atoms with Crippen LogP contribution >= 0.6 is 0 Å². The first-order valence-corrected chi connectivity index (χ1v) is 5.27. The summed E-state index contributed by atoms with van der Waals surface area (Å²) in [5.74, 6) is -0.290. The van der Waals surface area contributed by atoms with Crippen molar-refractivity contribution in [3.8, 4) is 0 Å². The van der Waals surface area contributed by atoms with Crippen LogP contribution in [0.25, 0.3) is 0 Å². The maximum atomic E-state index is 11.2. The Morgan fingerprint density at radius 2 is 2.31 bits per heavy atom. The van der Waals surface area contributed by atoms with Crippen LogP contribution in [-0.2, 0) is 16.0 Å². The van der Waals surface area contributed by atoms with Gasteiger partial charge in [-0.05, 0) is 36.1 Å². The molecule has 1 aliphatic rings. The van der Waals surface area contributed by atoms with Gasteiger partial charge in [0.1, 0.15) is 0 Å². The SMILES string of the molecule is CC(=O)N(C=O)c1ccc2c(c1)C(N)CC2. The van der Waals surface area contributed by atoms with Crippen LogP contribution in [-0.4, -0.2) is 12.3 Å². The van der Waals surface area contributed by atoms with Gasteiger partial charge in [0.15, 0.2) is 0 Å². The van der Waals surface area contributed by atoms with Crippen LogP contribution in [0.5, 0.6) is 0 Å². The van der Waals surface area contributed by atoms with Gasteiger partial charge in [0, 0.05) is 13.0 Å². The van der Waals surface area contributed by atoms with Gasteiger partial charge in [-0.2, -0.15) is 0 Å². The number of hydrogen-bond donors (Lipinski definition) is 1. The molecule has 0 saturated carbocycles. The fraction of sp³-hybridized carbons (Fsp3) is 0.333. The van der Waals surface area contributed by atoms with E-state index in [9.17, 15) is 9.59 Å². The molecule has 0 aliphatic heterocycles. The van der Waals surface area contributed by atoms with Gasteiger partial charge in [-0.25, -0.2) is 0 Å². The molecule has 1 aliphatic carbocycles. The van der Waals surface area contributed by atoms with Crippen molar-refractivity contribution in [3.63, 3.8) is 0 Å². The molecule has 1 aromatic carbocycles. The molecular formula is C12H14N2O2. The molecule has 1 unspecified atom stereocenters. The molecule has 0 saturated heterocycles. The molecular weight excluding hydrogens is 204 g/mol. The monoisotopic (exact) mass is 218 g/mol. The summed E-state index contributed by atoms with van der Waals surface area (Å²) in [5.41, 5.74) is 8.80. The molecule has 0 spiro atoms. The minimum atomic E-state index is -0.290. The van der Waals surface area contributed by atoms with Crippen molar-refractivity contribution in [2.75, 3.05) is 4.90 Å². The molecule has 0 radical (unpaired) electrons. The first-order valence-electron chi connectivity index (χ1n) is 5.27. The van der Waals surface area contributed by atoms with Crippen molar-refractivity contribution in [3.05, 3.63) is 29.3 Å².